The van der Waals surface area contributed by atoms with Gasteiger partial charge in [-0.1, -0.05) is 0 Å². The first-order valence-electron chi connectivity index (χ1n) is 3.35. The SMILES string of the molecule is [CH2]Cc1ccc(C(F)(F)F)cn1. The summed E-state index contributed by atoms with van der Waals surface area (Å²) in [5.41, 5.74) is -0.164. The zero-order valence-corrected chi connectivity index (χ0v) is 6.23. The van der Waals surface area contributed by atoms with Crippen LogP contribution in [0.4, 0.5) is 13.2 Å². The van der Waals surface area contributed by atoms with Gasteiger partial charge in [0.15, 0.2) is 0 Å². The summed E-state index contributed by atoms with van der Waals surface area (Å²) in [4.78, 5) is 3.58. The lowest BCUT2D eigenvalue weighted by atomic mass is 10.2. The summed E-state index contributed by atoms with van der Waals surface area (Å²) in [6, 6.07) is 2.34. The van der Waals surface area contributed by atoms with Crippen LogP contribution in [0.15, 0.2) is 18.3 Å². The average molecular weight is 174 g/mol. The van der Waals surface area contributed by atoms with Crippen molar-refractivity contribution in [3.05, 3.63) is 36.5 Å². The lowest BCUT2D eigenvalue weighted by molar-refractivity contribution is -0.137. The van der Waals surface area contributed by atoms with Crippen molar-refractivity contribution in [2.75, 3.05) is 0 Å². The van der Waals surface area contributed by atoms with Crippen molar-refractivity contribution in [1.29, 1.82) is 0 Å². The van der Waals surface area contributed by atoms with Crippen LogP contribution in [0.25, 0.3) is 0 Å². The van der Waals surface area contributed by atoms with Crippen LogP contribution < -0.4 is 0 Å². The van der Waals surface area contributed by atoms with E-state index in [0.717, 1.165) is 12.3 Å². The average Bonchev–Trinajstić information content (AvgIpc) is 2.03. The minimum absolute atomic E-state index is 0.401. The van der Waals surface area contributed by atoms with E-state index in [2.05, 4.69) is 11.9 Å². The Bertz CT molecular complexity index is 250. The molecule has 0 unspecified atom stereocenters. The number of nitrogens with zero attached hydrogens (tertiary/aromatic N) is 1. The fraction of sp³-hybridized carbons (Fsp3) is 0.250. The lowest BCUT2D eigenvalue weighted by Crippen LogP contribution is -2.05. The molecular formula is C8H7F3N. The van der Waals surface area contributed by atoms with Gasteiger partial charge in [0.1, 0.15) is 0 Å². The van der Waals surface area contributed by atoms with Crippen molar-refractivity contribution in [2.45, 2.75) is 12.6 Å². The van der Waals surface area contributed by atoms with Gasteiger partial charge in [-0.25, -0.2) is 0 Å². The number of halogens is 3. The van der Waals surface area contributed by atoms with Crippen LogP contribution in [0.3, 0.4) is 0 Å². The van der Waals surface area contributed by atoms with Gasteiger partial charge in [0.25, 0.3) is 0 Å². The van der Waals surface area contributed by atoms with Crippen molar-refractivity contribution in [3.8, 4) is 0 Å². The summed E-state index contributed by atoms with van der Waals surface area (Å²) in [5.74, 6) is 0. The molecule has 0 spiro atoms. The Kier molecular flexibility index (Phi) is 2.35. The molecule has 0 aliphatic rings. The highest BCUT2D eigenvalue weighted by Gasteiger charge is 2.30. The van der Waals surface area contributed by atoms with E-state index in [1.807, 2.05) is 0 Å². The monoisotopic (exact) mass is 174 g/mol. The predicted octanol–water partition coefficient (Wildman–Crippen LogP) is 2.48. The molecule has 0 aliphatic heterocycles. The molecule has 1 aromatic rings. The molecule has 0 bridgehead atoms. The third kappa shape index (κ3) is 1.96. The Morgan fingerprint density at radius 2 is 2.00 bits per heavy atom. The zero-order chi connectivity index (χ0) is 9.19. The van der Waals surface area contributed by atoms with Gasteiger partial charge in [0.2, 0.25) is 0 Å². The van der Waals surface area contributed by atoms with E-state index in [1.165, 1.54) is 6.07 Å². The summed E-state index contributed by atoms with van der Waals surface area (Å²) >= 11 is 0. The third-order valence-corrected chi connectivity index (χ3v) is 1.41. The van der Waals surface area contributed by atoms with Gasteiger partial charge in [0.05, 0.1) is 5.56 Å². The Balaban J connectivity index is 2.93. The van der Waals surface area contributed by atoms with Gasteiger partial charge >= 0.3 is 6.18 Å². The van der Waals surface area contributed by atoms with Crippen LogP contribution in [0.5, 0.6) is 0 Å². The predicted molar refractivity (Wildman–Crippen MR) is 38.3 cm³/mol. The number of aromatic nitrogens is 1. The minimum Gasteiger partial charge on any atom is -0.261 e. The van der Waals surface area contributed by atoms with E-state index < -0.39 is 11.7 Å². The van der Waals surface area contributed by atoms with Crippen LogP contribution in [0.2, 0.25) is 0 Å². The highest BCUT2D eigenvalue weighted by Crippen LogP contribution is 2.28. The quantitative estimate of drug-likeness (QED) is 0.637. The van der Waals surface area contributed by atoms with Gasteiger partial charge in [0, 0.05) is 11.9 Å². The zero-order valence-electron chi connectivity index (χ0n) is 6.23. The standard InChI is InChI=1S/C8H7F3N/c1-2-7-4-3-6(5-12-7)8(9,10)11/h3-5H,1-2H2. The smallest absolute Gasteiger partial charge is 0.261 e. The summed E-state index contributed by atoms with van der Waals surface area (Å²) in [7, 11) is 0. The van der Waals surface area contributed by atoms with E-state index in [9.17, 15) is 13.2 Å². The van der Waals surface area contributed by atoms with E-state index in [4.69, 9.17) is 0 Å². The topological polar surface area (TPSA) is 12.9 Å². The molecule has 0 aliphatic carbocycles. The number of pyridine rings is 1. The molecule has 65 valence electrons. The first kappa shape index (κ1) is 9.03. The van der Waals surface area contributed by atoms with Gasteiger partial charge in [-0.15, -0.1) is 0 Å². The minimum atomic E-state index is -4.30. The molecular weight excluding hydrogens is 167 g/mol. The van der Waals surface area contributed by atoms with Crippen molar-refractivity contribution >= 4 is 0 Å². The van der Waals surface area contributed by atoms with Gasteiger partial charge < -0.3 is 0 Å². The summed E-state index contributed by atoms with van der Waals surface area (Å²) in [5, 5.41) is 0. The maximum absolute atomic E-state index is 12.0. The van der Waals surface area contributed by atoms with Crippen molar-refractivity contribution in [2.24, 2.45) is 0 Å². The van der Waals surface area contributed by atoms with Gasteiger partial charge in [-0.05, 0) is 25.5 Å². The molecule has 0 saturated heterocycles. The number of alkyl halides is 3. The van der Waals surface area contributed by atoms with Crippen LogP contribution in [0, 0.1) is 6.92 Å². The second kappa shape index (κ2) is 3.13. The summed E-state index contributed by atoms with van der Waals surface area (Å²) in [6.07, 6.45) is -3.08. The summed E-state index contributed by atoms with van der Waals surface area (Å²) in [6.45, 7) is 3.50. The van der Waals surface area contributed by atoms with Crippen molar-refractivity contribution < 1.29 is 13.2 Å². The maximum atomic E-state index is 12.0. The second-order valence-electron chi connectivity index (χ2n) is 2.29. The first-order valence-corrected chi connectivity index (χ1v) is 3.35. The van der Waals surface area contributed by atoms with Gasteiger partial charge in [-0.2, -0.15) is 13.2 Å². The fourth-order valence-electron chi connectivity index (χ4n) is 0.740. The molecule has 12 heavy (non-hydrogen) atoms. The molecule has 1 rings (SSSR count). The van der Waals surface area contributed by atoms with Crippen molar-refractivity contribution in [3.63, 3.8) is 0 Å². The van der Waals surface area contributed by atoms with E-state index in [-0.39, 0.29) is 0 Å². The van der Waals surface area contributed by atoms with Crippen molar-refractivity contribution in [1.82, 2.24) is 4.98 Å². The molecule has 0 N–H and O–H groups in total. The Hall–Kier alpha value is -1.06. The molecule has 0 aromatic carbocycles. The summed E-state index contributed by atoms with van der Waals surface area (Å²) < 4.78 is 35.9. The Labute approximate surface area is 68.2 Å². The highest BCUT2D eigenvalue weighted by molar-refractivity contribution is 5.17. The molecule has 0 saturated carbocycles. The normalized spacial score (nSPS) is 11.7. The molecule has 0 atom stereocenters. The van der Waals surface area contributed by atoms with Crippen LogP contribution in [-0.4, -0.2) is 4.98 Å². The first-order chi connectivity index (χ1) is 5.54. The van der Waals surface area contributed by atoms with Gasteiger partial charge in [-0.3, -0.25) is 4.98 Å². The maximum Gasteiger partial charge on any atom is 0.417 e. The molecule has 1 heterocycles. The lowest BCUT2D eigenvalue weighted by Gasteiger charge is -2.05. The molecule has 0 fully saturated rings. The largest absolute Gasteiger partial charge is 0.417 e. The number of hydrogen-bond donors (Lipinski definition) is 0. The fourth-order valence-corrected chi connectivity index (χ4v) is 0.740. The molecule has 1 nitrogen and oxygen atoms in total. The van der Waals surface area contributed by atoms with Crippen LogP contribution >= 0.6 is 0 Å². The highest BCUT2D eigenvalue weighted by atomic mass is 19.4. The van der Waals surface area contributed by atoms with Crippen LogP contribution in [-0.2, 0) is 12.6 Å². The number of hydrogen-bond acceptors (Lipinski definition) is 1. The third-order valence-electron chi connectivity index (χ3n) is 1.41. The molecule has 1 aromatic heterocycles. The van der Waals surface area contributed by atoms with E-state index >= 15 is 0 Å². The Morgan fingerprint density at radius 1 is 1.33 bits per heavy atom. The van der Waals surface area contributed by atoms with Crippen LogP contribution in [0.1, 0.15) is 11.3 Å². The Morgan fingerprint density at radius 3 is 2.33 bits per heavy atom. The molecule has 4 heteroatoms. The van der Waals surface area contributed by atoms with E-state index in [0.29, 0.717) is 12.1 Å². The number of rotatable bonds is 1. The van der Waals surface area contributed by atoms with E-state index in [1.54, 1.807) is 0 Å². The second-order valence-corrected chi connectivity index (χ2v) is 2.29. The molecule has 1 radical (unpaired) electrons. The molecule has 0 amide bonds.